The van der Waals surface area contributed by atoms with Crippen LogP contribution in [0.3, 0.4) is 0 Å². The minimum atomic E-state index is -0.237. The molecule has 0 aromatic heterocycles. The largest absolute Gasteiger partial charge is 0.311 e. The lowest BCUT2D eigenvalue weighted by Gasteiger charge is -2.31. The number of Topliss-reactive ketones (excluding diaryl/α,β-unsaturated/α-hetero) is 1. The van der Waals surface area contributed by atoms with Crippen molar-refractivity contribution >= 4 is 5.78 Å². The summed E-state index contributed by atoms with van der Waals surface area (Å²) < 4.78 is 0. The van der Waals surface area contributed by atoms with Crippen LogP contribution in [-0.2, 0) is 4.79 Å². The summed E-state index contributed by atoms with van der Waals surface area (Å²) in [4.78, 5) is 13.6. The van der Waals surface area contributed by atoms with E-state index in [0.717, 1.165) is 25.9 Å². The van der Waals surface area contributed by atoms with E-state index >= 15 is 0 Å². The average molecular weight is 194 g/mol. The number of likely N-dealkylation sites (tertiary alicyclic amines) is 1. The number of nitrogens with zero attached hydrogens (tertiary/aromatic N) is 2. The van der Waals surface area contributed by atoms with Gasteiger partial charge in [-0.15, -0.1) is 0 Å². The summed E-state index contributed by atoms with van der Waals surface area (Å²) in [7, 11) is 0. The SMILES string of the molecule is CC(C)(C)C(=O)C1CCN(C#N)CC1. The van der Waals surface area contributed by atoms with Gasteiger partial charge in [-0.05, 0) is 12.8 Å². The van der Waals surface area contributed by atoms with E-state index in [1.165, 1.54) is 0 Å². The van der Waals surface area contributed by atoms with E-state index < -0.39 is 0 Å². The smallest absolute Gasteiger partial charge is 0.179 e. The summed E-state index contributed by atoms with van der Waals surface area (Å²) >= 11 is 0. The second-order valence-corrected chi connectivity index (χ2v) is 4.98. The molecule has 1 fully saturated rings. The molecule has 1 aliphatic heterocycles. The Balaban J connectivity index is 2.51. The Morgan fingerprint density at radius 2 is 1.86 bits per heavy atom. The number of hydrogen-bond acceptors (Lipinski definition) is 3. The fraction of sp³-hybridized carbons (Fsp3) is 0.818. The highest BCUT2D eigenvalue weighted by Crippen LogP contribution is 2.27. The lowest BCUT2D eigenvalue weighted by atomic mass is 9.79. The van der Waals surface area contributed by atoms with Crippen LogP contribution in [0.1, 0.15) is 33.6 Å². The van der Waals surface area contributed by atoms with Crippen molar-refractivity contribution in [3.63, 3.8) is 0 Å². The first-order chi connectivity index (χ1) is 6.45. The molecule has 14 heavy (non-hydrogen) atoms. The first kappa shape index (κ1) is 11.0. The zero-order valence-corrected chi connectivity index (χ0v) is 9.21. The van der Waals surface area contributed by atoms with Gasteiger partial charge in [-0.2, -0.15) is 5.26 Å². The van der Waals surface area contributed by atoms with Crippen molar-refractivity contribution in [3.8, 4) is 6.19 Å². The molecule has 1 aliphatic rings. The van der Waals surface area contributed by atoms with E-state index in [0.29, 0.717) is 5.78 Å². The van der Waals surface area contributed by atoms with Crippen molar-refractivity contribution < 1.29 is 4.79 Å². The summed E-state index contributed by atoms with van der Waals surface area (Å²) in [5, 5.41) is 8.67. The quantitative estimate of drug-likeness (QED) is 0.598. The molecule has 0 atom stereocenters. The lowest BCUT2D eigenvalue weighted by molar-refractivity contribution is -0.131. The van der Waals surface area contributed by atoms with Gasteiger partial charge in [-0.3, -0.25) is 4.79 Å². The molecule has 0 aliphatic carbocycles. The molecule has 3 heteroatoms. The highest BCUT2D eigenvalue weighted by atomic mass is 16.1. The van der Waals surface area contributed by atoms with Gasteiger partial charge in [-0.25, -0.2) is 0 Å². The second-order valence-electron chi connectivity index (χ2n) is 4.98. The summed E-state index contributed by atoms with van der Waals surface area (Å²) in [6.07, 6.45) is 3.80. The maximum absolute atomic E-state index is 11.9. The molecule has 78 valence electrons. The van der Waals surface area contributed by atoms with Gasteiger partial charge in [-0.1, -0.05) is 20.8 Å². The maximum Gasteiger partial charge on any atom is 0.179 e. The standard InChI is InChI=1S/C11H18N2O/c1-11(2,3)10(14)9-4-6-13(8-12)7-5-9/h9H,4-7H2,1-3H3. The third kappa shape index (κ3) is 2.47. The van der Waals surface area contributed by atoms with Gasteiger partial charge in [0, 0.05) is 24.4 Å². The minimum Gasteiger partial charge on any atom is -0.311 e. The molecule has 0 aromatic carbocycles. The van der Waals surface area contributed by atoms with Crippen LogP contribution in [-0.4, -0.2) is 23.8 Å². The molecule has 1 saturated heterocycles. The molecular formula is C11H18N2O. The third-order valence-corrected chi connectivity index (χ3v) is 2.75. The maximum atomic E-state index is 11.9. The molecule has 0 amide bonds. The summed E-state index contributed by atoms with van der Waals surface area (Å²) in [6.45, 7) is 7.37. The van der Waals surface area contributed by atoms with Crippen LogP contribution in [0.15, 0.2) is 0 Å². The number of hydrogen-bond donors (Lipinski definition) is 0. The molecule has 1 heterocycles. The van der Waals surface area contributed by atoms with Crippen molar-refractivity contribution in [2.24, 2.45) is 11.3 Å². The van der Waals surface area contributed by atoms with E-state index in [-0.39, 0.29) is 11.3 Å². The zero-order valence-electron chi connectivity index (χ0n) is 9.21. The first-order valence-electron chi connectivity index (χ1n) is 5.14. The van der Waals surface area contributed by atoms with E-state index in [9.17, 15) is 4.79 Å². The Morgan fingerprint density at radius 3 is 2.21 bits per heavy atom. The fourth-order valence-corrected chi connectivity index (χ4v) is 1.85. The van der Waals surface area contributed by atoms with Crippen LogP contribution in [0, 0.1) is 22.8 Å². The van der Waals surface area contributed by atoms with Crippen molar-refractivity contribution in [2.75, 3.05) is 13.1 Å². The number of carbonyl (C=O) groups excluding carboxylic acids is 1. The van der Waals surface area contributed by atoms with Crippen molar-refractivity contribution in [1.29, 1.82) is 5.26 Å². The van der Waals surface area contributed by atoms with Crippen LogP contribution in [0.25, 0.3) is 0 Å². The molecule has 0 radical (unpaired) electrons. The highest BCUT2D eigenvalue weighted by Gasteiger charge is 2.31. The van der Waals surface area contributed by atoms with Crippen LogP contribution < -0.4 is 0 Å². The van der Waals surface area contributed by atoms with E-state index in [1.807, 2.05) is 20.8 Å². The van der Waals surface area contributed by atoms with Gasteiger partial charge < -0.3 is 4.90 Å². The van der Waals surface area contributed by atoms with Crippen LogP contribution in [0.2, 0.25) is 0 Å². The second kappa shape index (κ2) is 4.00. The Kier molecular flexibility index (Phi) is 3.15. The Bertz CT molecular complexity index is 251. The predicted molar refractivity (Wildman–Crippen MR) is 54.4 cm³/mol. The predicted octanol–water partition coefficient (Wildman–Crippen LogP) is 1.79. The lowest BCUT2D eigenvalue weighted by Crippen LogP contribution is -2.37. The minimum absolute atomic E-state index is 0.166. The number of carbonyl (C=O) groups is 1. The Hall–Kier alpha value is -1.04. The molecule has 0 spiro atoms. The molecule has 0 bridgehead atoms. The summed E-state index contributed by atoms with van der Waals surface area (Å²) in [6, 6.07) is 0. The molecular weight excluding hydrogens is 176 g/mol. The molecule has 0 unspecified atom stereocenters. The van der Waals surface area contributed by atoms with E-state index in [1.54, 1.807) is 4.90 Å². The van der Waals surface area contributed by atoms with Gasteiger partial charge in [0.05, 0.1) is 0 Å². The zero-order chi connectivity index (χ0) is 10.8. The van der Waals surface area contributed by atoms with Gasteiger partial charge in [0.1, 0.15) is 5.78 Å². The molecule has 0 aromatic rings. The van der Waals surface area contributed by atoms with E-state index in [4.69, 9.17) is 5.26 Å². The first-order valence-corrected chi connectivity index (χ1v) is 5.14. The molecule has 0 N–H and O–H groups in total. The van der Waals surface area contributed by atoms with Crippen molar-refractivity contribution in [2.45, 2.75) is 33.6 Å². The van der Waals surface area contributed by atoms with Crippen molar-refractivity contribution in [3.05, 3.63) is 0 Å². The molecule has 3 nitrogen and oxygen atoms in total. The topological polar surface area (TPSA) is 44.1 Å². The Labute approximate surface area is 85.7 Å². The summed E-state index contributed by atoms with van der Waals surface area (Å²) in [5.41, 5.74) is -0.237. The van der Waals surface area contributed by atoms with Crippen LogP contribution in [0.5, 0.6) is 0 Å². The number of rotatable bonds is 1. The monoisotopic (exact) mass is 194 g/mol. The number of nitriles is 1. The summed E-state index contributed by atoms with van der Waals surface area (Å²) in [5.74, 6) is 0.509. The van der Waals surface area contributed by atoms with Crippen molar-refractivity contribution in [1.82, 2.24) is 4.90 Å². The number of ketones is 1. The molecule has 1 rings (SSSR count). The third-order valence-electron chi connectivity index (χ3n) is 2.75. The van der Waals surface area contributed by atoms with Gasteiger partial charge in [0.2, 0.25) is 0 Å². The van der Waals surface area contributed by atoms with Gasteiger partial charge >= 0.3 is 0 Å². The van der Waals surface area contributed by atoms with Gasteiger partial charge in [0.15, 0.2) is 6.19 Å². The van der Waals surface area contributed by atoms with Gasteiger partial charge in [0.25, 0.3) is 0 Å². The van der Waals surface area contributed by atoms with E-state index in [2.05, 4.69) is 6.19 Å². The highest BCUT2D eigenvalue weighted by molar-refractivity contribution is 5.86. The van der Waals surface area contributed by atoms with Crippen LogP contribution in [0.4, 0.5) is 0 Å². The number of piperidine rings is 1. The normalized spacial score (nSPS) is 19.1. The molecule has 0 saturated carbocycles. The Morgan fingerprint density at radius 1 is 1.36 bits per heavy atom. The fourth-order valence-electron chi connectivity index (χ4n) is 1.85. The van der Waals surface area contributed by atoms with Crippen LogP contribution >= 0.6 is 0 Å². The average Bonchev–Trinajstić information content (AvgIpc) is 2.15.